The minimum atomic E-state index is -0.334. The Hall–Kier alpha value is -1.42. The van der Waals surface area contributed by atoms with Crippen LogP contribution in [0.2, 0.25) is 0 Å². The average molecular weight is 377 g/mol. The van der Waals surface area contributed by atoms with Crippen LogP contribution in [0.5, 0.6) is 0 Å². The van der Waals surface area contributed by atoms with Gasteiger partial charge in [-0.25, -0.2) is 0 Å². The number of nitro benzene ring substituents is 1. The monoisotopic (exact) mass is 376 g/mol. The van der Waals surface area contributed by atoms with E-state index in [4.69, 9.17) is 0 Å². The number of rotatable bonds is 17. The first-order valence-electron chi connectivity index (χ1n) is 11.1. The van der Waals surface area contributed by atoms with Crippen LogP contribution in [0.15, 0.2) is 24.3 Å². The van der Waals surface area contributed by atoms with Crippen molar-refractivity contribution in [3.8, 4) is 0 Å². The van der Waals surface area contributed by atoms with Crippen molar-refractivity contribution in [3.63, 3.8) is 0 Å². The van der Waals surface area contributed by atoms with Crippen molar-refractivity contribution in [3.05, 3.63) is 39.9 Å². The highest BCUT2D eigenvalue weighted by atomic mass is 16.6. The van der Waals surface area contributed by atoms with Crippen LogP contribution in [0.4, 0.5) is 5.69 Å². The lowest BCUT2D eigenvalue weighted by atomic mass is 10.1. The van der Waals surface area contributed by atoms with E-state index < -0.39 is 0 Å². The van der Waals surface area contributed by atoms with Gasteiger partial charge in [0.05, 0.1) is 4.92 Å². The van der Waals surface area contributed by atoms with Gasteiger partial charge in [-0.05, 0) is 57.3 Å². The smallest absolute Gasteiger partial charge is 0.269 e. The number of benzene rings is 1. The molecule has 154 valence electrons. The van der Waals surface area contributed by atoms with E-state index in [1.165, 1.54) is 89.4 Å². The first-order valence-corrected chi connectivity index (χ1v) is 11.1. The third-order valence-corrected chi connectivity index (χ3v) is 5.24. The largest absolute Gasteiger partial charge is 0.303 e. The topological polar surface area (TPSA) is 46.4 Å². The molecule has 0 aliphatic rings. The highest BCUT2D eigenvalue weighted by Crippen LogP contribution is 2.14. The van der Waals surface area contributed by atoms with E-state index in [1.807, 2.05) is 12.1 Å². The molecule has 0 bridgehead atoms. The molecule has 0 saturated heterocycles. The summed E-state index contributed by atoms with van der Waals surface area (Å²) in [5, 5.41) is 10.7. The minimum absolute atomic E-state index is 0.181. The Morgan fingerprint density at radius 2 is 1.22 bits per heavy atom. The van der Waals surface area contributed by atoms with Gasteiger partial charge in [-0.3, -0.25) is 10.1 Å². The van der Waals surface area contributed by atoms with Gasteiger partial charge in [-0.1, -0.05) is 70.9 Å². The molecule has 0 unspecified atom stereocenters. The summed E-state index contributed by atoms with van der Waals surface area (Å²) < 4.78 is 0. The van der Waals surface area contributed by atoms with Gasteiger partial charge in [0.2, 0.25) is 0 Å². The van der Waals surface area contributed by atoms with Gasteiger partial charge in [0, 0.05) is 12.1 Å². The van der Waals surface area contributed by atoms with E-state index in [2.05, 4.69) is 18.7 Å². The lowest BCUT2D eigenvalue weighted by molar-refractivity contribution is -0.384. The molecular weight excluding hydrogens is 336 g/mol. The highest BCUT2D eigenvalue weighted by Gasteiger charge is 2.06. The van der Waals surface area contributed by atoms with Gasteiger partial charge in [0.1, 0.15) is 0 Å². The van der Waals surface area contributed by atoms with Crippen LogP contribution >= 0.6 is 0 Å². The number of non-ortho nitro benzene ring substituents is 1. The zero-order valence-electron chi connectivity index (χ0n) is 17.6. The first kappa shape index (κ1) is 23.6. The zero-order chi connectivity index (χ0) is 19.7. The molecule has 0 aliphatic heterocycles. The van der Waals surface area contributed by atoms with Crippen LogP contribution in [0.3, 0.4) is 0 Å². The summed E-state index contributed by atoms with van der Waals surface area (Å²) in [6.45, 7) is 8.28. The van der Waals surface area contributed by atoms with Crippen molar-refractivity contribution < 1.29 is 4.92 Å². The third-order valence-electron chi connectivity index (χ3n) is 5.24. The summed E-state index contributed by atoms with van der Waals surface area (Å²) >= 11 is 0. The first-order chi connectivity index (χ1) is 13.2. The van der Waals surface area contributed by atoms with E-state index in [-0.39, 0.29) is 10.6 Å². The van der Waals surface area contributed by atoms with Crippen LogP contribution < -0.4 is 0 Å². The predicted octanol–water partition coefficient (Wildman–Crippen LogP) is 6.77. The number of unbranched alkanes of at least 4 members (excludes halogenated alkanes) is 8. The summed E-state index contributed by atoms with van der Waals surface area (Å²) in [5.41, 5.74) is 1.39. The second kappa shape index (κ2) is 15.6. The second-order valence-corrected chi connectivity index (χ2v) is 7.70. The fraction of sp³-hybridized carbons (Fsp3) is 0.739. The fourth-order valence-electron chi connectivity index (χ4n) is 3.49. The molecule has 0 saturated carbocycles. The van der Waals surface area contributed by atoms with E-state index >= 15 is 0 Å². The Labute approximate surface area is 166 Å². The van der Waals surface area contributed by atoms with Gasteiger partial charge in [-0.2, -0.15) is 0 Å². The summed E-state index contributed by atoms with van der Waals surface area (Å²) in [6.07, 6.45) is 15.4. The normalized spacial score (nSPS) is 11.2. The van der Waals surface area contributed by atoms with Gasteiger partial charge in [0.25, 0.3) is 5.69 Å². The third kappa shape index (κ3) is 11.8. The van der Waals surface area contributed by atoms with Gasteiger partial charge in [0.15, 0.2) is 0 Å². The Morgan fingerprint density at radius 3 is 1.67 bits per heavy atom. The fourth-order valence-corrected chi connectivity index (χ4v) is 3.49. The Balaban J connectivity index is 2.22. The maximum atomic E-state index is 10.7. The van der Waals surface area contributed by atoms with E-state index in [1.54, 1.807) is 12.1 Å². The van der Waals surface area contributed by atoms with Crippen LogP contribution in [0.1, 0.15) is 90.0 Å². The molecule has 0 heterocycles. The molecule has 4 heteroatoms. The maximum absolute atomic E-state index is 10.7. The molecular formula is C23H40N2O2. The quantitative estimate of drug-likeness (QED) is 0.171. The number of nitro groups is 1. The lowest BCUT2D eigenvalue weighted by Crippen LogP contribution is -2.27. The molecule has 0 N–H and O–H groups in total. The number of hydrogen-bond donors (Lipinski definition) is 0. The molecule has 1 aromatic rings. The number of aryl methyl sites for hydroxylation is 1. The molecule has 0 aromatic heterocycles. The highest BCUT2D eigenvalue weighted by molar-refractivity contribution is 5.32. The Bertz CT molecular complexity index is 476. The van der Waals surface area contributed by atoms with Crippen LogP contribution in [-0.2, 0) is 6.42 Å². The van der Waals surface area contributed by atoms with Crippen molar-refractivity contribution in [1.82, 2.24) is 4.90 Å². The van der Waals surface area contributed by atoms with Crippen LogP contribution in [0.25, 0.3) is 0 Å². The van der Waals surface area contributed by atoms with Crippen molar-refractivity contribution in [2.24, 2.45) is 0 Å². The van der Waals surface area contributed by atoms with Gasteiger partial charge >= 0.3 is 0 Å². The molecule has 0 radical (unpaired) electrons. The maximum Gasteiger partial charge on any atom is 0.269 e. The predicted molar refractivity (Wildman–Crippen MR) is 115 cm³/mol. The standard InChI is InChI=1S/C23H40N2O2/c1-3-5-7-11-19-24(20-12-8-6-4-2)21-13-9-10-14-22-15-17-23(18-16-22)25(26)27/h15-18H,3-14,19-21H2,1-2H3. The molecule has 0 amide bonds. The van der Waals surface area contributed by atoms with Crippen molar-refractivity contribution in [1.29, 1.82) is 0 Å². The SMILES string of the molecule is CCCCCCN(CCCCCC)CCCCCc1ccc([N+](=O)[O-])cc1. The van der Waals surface area contributed by atoms with Crippen molar-refractivity contribution >= 4 is 5.69 Å². The molecule has 1 aromatic carbocycles. The minimum Gasteiger partial charge on any atom is -0.303 e. The Morgan fingerprint density at radius 1 is 0.741 bits per heavy atom. The molecule has 0 spiro atoms. The Kier molecular flexibility index (Phi) is 13.7. The van der Waals surface area contributed by atoms with Gasteiger partial charge in [-0.15, -0.1) is 0 Å². The van der Waals surface area contributed by atoms with E-state index in [9.17, 15) is 10.1 Å². The van der Waals surface area contributed by atoms with Crippen LogP contribution in [0, 0.1) is 10.1 Å². The summed E-state index contributed by atoms with van der Waals surface area (Å²) in [5.74, 6) is 0. The van der Waals surface area contributed by atoms with Crippen molar-refractivity contribution in [2.75, 3.05) is 19.6 Å². The molecule has 0 atom stereocenters. The van der Waals surface area contributed by atoms with Crippen LogP contribution in [-0.4, -0.2) is 29.5 Å². The van der Waals surface area contributed by atoms with Gasteiger partial charge < -0.3 is 4.90 Å². The van der Waals surface area contributed by atoms with Crippen molar-refractivity contribution in [2.45, 2.75) is 90.9 Å². The molecule has 1 rings (SSSR count). The average Bonchev–Trinajstić information content (AvgIpc) is 2.68. The molecule has 27 heavy (non-hydrogen) atoms. The summed E-state index contributed by atoms with van der Waals surface area (Å²) in [7, 11) is 0. The van der Waals surface area contributed by atoms with E-state index in [0.717, 1.165) is 12.8 Å². The number of nitrogens with zero attached hydrogens (tertiary/aromatic N) is 2. The summed E-state index contributed by atoms with van der Waals surface area (Å²) in [4.78, 5) is 13.0. The number of hydrogen-bond acceptors (Lipinski definition) is 3. The molecule has 0 aliphatic carbocycles. The molecule has 4 nitrogen and oxygen atoms in total. The van der Waals surface area contributed by atoms with E-state index in [0.29, 0.717) is 0 Å². The summed E-state index contributed by atoms with van der Waals surface area (Å²) in [6, 6.07) is 7.02. The zero-order valence-corrected chi connectivity index (χ0v) is 17.6. The molecule has 0 fully saturated rings. The second-order valence-electron chi connectivity index (χ2n) is 7.70. The lowest BCUT2D eigenvalue weighted by Gasteiger charge is -2.22.